The van der Waals surface area contributed by atoms with Gasteiger partial charge < -0.3 is 20.5 Å². The molecule has 4 rings (SSSR count). The van der Waals surface area contributed by atoms with Gasteiger partial charge in [-0.2, -0.15) is 0 Å². The van der Waals surface area contributed by atoms with Gasteiger partial charge in [-0.3, -0.25) is 9.59 Å². The molecule has 10 heteroatoms. The largest absolute Gasteiger partial charge is 0.478 e. The summed E-state index contributed by atoms with van der Waals surface area (Å²) in [7, 11) is 1.34. The molecule has 0 radical (unpaired) electrons. The molecular weight excluding hydrogens is 536 g/mol. The van der Waals surface area contributed by atoms with Gasteiger partial charge in [0.1, 0.15) is 10.3 Å². The first-order valence-corrected chi connectivity index (χ1v) is 14.0. The Morgan fingerprint density at radius 1 is 1.08 bits per heavy atom. The Balaban J connectivity index is 1.60. The standard InChI is InChI=1S/C29H28N2O6S2/c1-17-11-12-21-22(15-17)39-28(25(21)29(36)37-2)31-27(35)26(18-7-4-3-5-8-18)38-20-10-6-9-19(16-20)30-23(32)13-14-24(33)34/h3-10,13-14,16-17,26H,11-12,15H2,1-2H3,(H,30,32)(H,31,35)(H,33,34)/b14-13+. The molecule has 1 heterocycles. The van der Waals surface area contributed by atoms with Crippen LogP contribution in [0.25, 0.3) is 0 Å². The highest BCUT2D eigenvalue weighted by Crippen LogP contribution is 2.42. The molecule has 1 aromatic heterocycles. The quantitative estimate of drug-likeness (QED) is 0.173. The molecule has 1 aliphatic carbocycles. The van der Waals surface area contributed by atoms with E-state index in [9.17, 15) is 19.2 Å². The van der Waals surface area contributed by atoms with E-state index in [0.29, 0.717) is 27.1 Å². The van der Waals surface area contributed by atoms with Crippen LogP contribution in [-0.4, -0.2) is 36.0 Å². The summed E-state index contributed by atoms with van der Waals surface area (Å²) in [5.41, 5.74) is 2.63. The third kappa shape index (κ3) is 7.15. The topological polar surface area (TPSA) is 122 Å². The number of amides is 2. The molecule has 39 heavy (non-hydrogen) atoms. The number of carboxylic acids is 1. The average molecular weight is 565 g/mol. The van der Waals surface area contributed by atoms with E-state index in [-0.39, 0.29) is 5.91 Å². The van der Waals surface area contributed by atoms with Crippen molar-refractivity contribution in [3.05, 3.63) is 88.3 Å². The number of nitrogens with one attached hydrogen (secondary N) is 2. The molecule has 0 spiro atoms. The predicted molar refractivity (Wildman–Crippen MR) is 152 cm³/mol. The number of aliphatic carboxylic acids is 1. The van der Waals surface area contributed by atoms with Gasteiger partial charge in [0.05, 0.1) is 12.7 Å². The van der Waals surface area contributed by atoms with Crippen molar-refractivity contribution in [2.45, 2.75) is 36.3 Å². The van der Waals surface area contributed by atoms with Gasteiger partial charge in [-0.1, -0.05) is 43.3 Å². The van der Waals surface area contributed by atoms with E-state index in [1.54, 1.807) is 18.2 Å². The molecule has 202 valence electrons. The zero-order valence-electron chi connectivity index (χ0n) is 21.4. The van der Waals surface area contributed by atoms with Crippen LogP contribution in [0.5, 0.6) is 0 Å². The highest BCUT2D eigenvalue weighted by Gasteiger charge is 2.31. The average Bonchev–Trinajstić information content (AvgIpc) is 3.27. The number of thiophene rings is 1. The van der Waals surface area contributed by atoms with Gasteiger partial charge in [-0.15, -0.1) is 23.1 Å². The van der Waals surface area contributed by atoms with E-state index < -0.39 is 23.1 Å². The van der Waals surface area contributed by atoms with Crippen LogP contribution >= 0.6 is 23.1 Å². The Bertz CT molecular complexity index is 1420. The number of rotatable bonds is 9. The van der Waals surface area contributed by atoms with Crippen molar-refractivity contribution < 1.29 is 29.0 Å². The summed E-state index contributed by atoms with van der Waals surface area (Å²) < 4.78 is 5.07. The second kappa shape index (κ2) is 12.8. The van der Waals surface area contributed by atoms with Crippen molar-refractivity contribution in [3.63, 3.8) is 0 Å². The van der Waals surface area contributed by atoms with Crippen molar-refractivity contribution in [2.75, 3.05) is 17.7 Å². The van der Waals surface area contributed by atoms with Crippen LogP contribution in [-0.2, 0) is 32.0 Å². The summed E-state index contributed by atoms with van der Waals surface area (Å²) >= 11 is 2.73. The molecule has 2 amide bonds. The van der Waals surface area contributed by atoms with E-state index in [1.165, 1.54) is 30.2 Å². The van der Waals surface area contributed by atoms with Crippen LogP contribution in [0.3, 0.4) is 0 Å². The normalized spacial score (nSPS) is 15.3. The van der Waals surface area contributed by atoms with Gasteiger partial charge in [0, 0.05) is 27.6 Å². The highest BCUT2D eigenvalue weighted by atomic mass is 32.2. The monoisotopic (exact) mass is 564 g/mol. The number of carboxylic acid groups (broad SMARTS) is 1. The van der Waals surface area contributed by atoms with Gasteiger partial charge in [-0.25, -0.2) is 9.59 Å². The van der Waals surface area contributed by atoms with Gasteiger partial charge in [-0.05, 0) is 54.5 Å². The maximum atomic E-state index is 13.8. The number of thioether (sulfide) groups is 1. The SMILES string of the molecule is COC(=O)c1c(NC(=O)C(Sc2cccc(NC(=O)/C=C/C(=O)O)c2)c2ccccc2)sc2c1CCC(C)C2. The maximum absolute atomic E-state index is 13.8. The Morgan fingerprint density at radius 3 is 2.56 bits per heavy atom. The van der Waals surface area contributed by atoms with Crippen LogP contribution in [0.4, 0.5) is 10.7 Å². The smallest absolute Gasteiger partial charge is 0.341 e. The van der Waals surface area contributed by atoms with Gasteiger partial charge in [0.25, 0.3) is 0 Å². The number of ether oxygens (including phenoxy) is 1. The number of hydrogen-bond acceptors (Lipinski definition) is 7. The zero-order chi connectivity index (χ0) is 27.9. The number of carbonyl (C=O) groups excluding carboxylic acids is 3. The van der Waals surface area contributed by atoms with Gasteiger partial charge in [0.2, 0.25) is 11.8 Å². The molecule has 0 saturated carbocycles. The predicted octanol–water partition coefficient (Wildman–Crippen LogP) is 5.71. The number of methoxy groups -OCH3 is 1. The van der Waals surface area contributed by atoms with E-state index in [0.717, 1.165) is 47.4 Å². The van der Waals surface area contributed by atoms with E-state index in [2.05, 4.69) is 17.6 Å². The number of fused-ring (bicyclic) bond motifs is 1. The summed E-state index contributed by atoms with van der Waals surface area (Å²) in [6.07, 6.45) is 4.29. The molecule has 2 unspecified atom stereocenters. The van der Waals surface area contributed by atoms with Crippen molar-refractivity contribution >= 4 is 57.5 Å². The molecule has 0 fully saturated rings. The van der Waals surface area contributed by atoms with Crippen molar-refractivity contribution in [3.8, 4) is 0 Å². The number of carbonyl (C=O) groups is 4. The third-order valence-electron chi connectivity index (χ3n) is 6.21. The number of esters is 1. The lowest BCUT2D eigenvalue weighted by Gasteiger charge is -2.18. The fourth-order valence-electron chi connectivity index (χ4n) is 4.35. The van der Waals surface area contributed by atoms with Crippen LogP contribution in [0.1, 0.15) is 45.0 Å². The summed E-state index contributed by atoms with van der Waals surface area (Å²) in [5.74, 6) is -2.04. The summed E-state index contributed by atoms with van der Waals surface area (Å²) in [5, 5.41) is 14.2. The first kappa shape index (κ1) is 28.1. The summed E-state index contributed by atoms with van der Waals surface area (Å²) in [6.45, 7) is 2.18. The van der Waals surface area contributed by atoms with Crippen molar-refractivity contribution in [2.24, 2.45) is 5.92 Å². The molecule has 0 aliphatic heterocycles. The Morgan fingerprint density at radius 2 is 1.85 bits per heavy atom. The molecule has 0 saturated heterocycles. The summed E-state index contributed by atoms with van der Waals surface area (Å²) in [4.78, 5) is 51.0. The third-order valence-corrected chi connectivity index (χ3v) is 8.63. The van der Waals surface area contributed by atoms with E-state index >= 15 is 0 Å². The van der Waals surface area contributed by atoms with Gasteiger partial charge in [0.15, 0.2) is 0 Å². The first-order chi connectivity index (χ1) is 18.7. The zero-order valence-corrected chi connectivity index (χ0v) is 23.1. The molecule has 0 bridgehead atoms. The molecule has 2 atom stereocenters. The highest BCUT2D eigenvalue weighted by molar-refractivity contribution is 8.00. The minimum absolute atomic E-state index is 0.290. The van der Waals surface area contributed by atoms with Crippen LogP contribution in [0.2, 0.25) is 0 Å². The Hall–Kier alpha value is -3.89. The lowest BCUT2D eigenvalue weighted by Crippen LogP contribution is -2.20. The summed E-state index contributed by atoms with van der Waals surface area (Å²) in [6, 6.07) is 16.3. The van der Waals surface area contributed by atoms with E-state index in [1.807, 2.05) is 36.4 Å². The van der Waals surface area contributed by atoms with Crippen LogP contribution in [0, 0.1) is 5.92 Å². The minimum Gasteiger partial charge on any atom is -0.478 e. The molecule has 1 aliphatic rings. The number of benzene rings is 2. The molecule has 3 N–H and O–H groups in total. The second-order valence-corrected chi connectivity index (χ2v) is 11.4. The van der Waals surface area contributed by atoms with Gasteiger partial charge >= 0.3 is 11.9 Å². The Kier molecular flexibility index (Phi) is 9.21. The van der Waals surface area contributed by atoms with Crippen LogP contribution in [0.15, 0.2) is 71.6 Å². The lowest BCUT2D eigenvalue weighted by atomic mass is 9.88. The lowest BCUT2D eigenvalue weighted by molar-refractivity contribution is -0.131. The van der Waals surface area contributed by atoms with Crippen molar-refractivity contribution in [1.29, 1.82) is 0 Å². The fourth-order valence-corrected chi connectivity index (χ4v) is 6.83. The minimum atomic E-state index is -1.22. The van der Waals surface area contributed by atoms with Crippen LogP contribution < -0.4 is 10.6 Å². The molecule has 8 nitrogen and oxygen atoms in total. The van der Waals surface area contributed by atoms with E-state index in [4.69, 9.17) is 9.84 Å². The molecule has 2 aromatic carbocycles. The molecular formula is C29H28N2O6S2. The first-order valence-electron chi connectivity index (χ1n) is 12.3. The fraction of sp³-hybridized carbons (Fsp3) is 0.241. The maximum Gasteiger partial charge on any atom is 0.341 e. The number of hydrogen-bond donors (Lipinski definition) is 3. The molecule has 3 aromatic rings. The number of anilines is 2. The second-order valence-electron chi connectivity index (χ2n) is 9.13. The van der Waals surface area contributed by atoms with Crippen molar-refractivity contribution in [1.82, 2.24) is 0 Å². The Labute approximate surface area is 234 Å².